The molecule has 4 rings (SSSR count). The first-order chi connectivity index (χ1) is 15.8. The molecular weight excluding hydrogens is 488 g/mol. The average molecular weight is 527 g/mol. The molecule has 0 saturated heterocycles. The van der Waals surface area contributed by atoms with Gasteiger partial charge in [0.1, 0.15) is 12.4 Å². The molecular formula is C26H39BrO6. The van der Waals surface area contributed by atoms with Crippen molar-refractivity contribution in [3.8, 4) is 0 Å². The van der Waals surface area contributed by atoms with Gasteiger partial charge in [-0.05, 0) is 74.5 Å². The molecule has 3 fully saturated rings. The summed E-state index contributed by atoms with van der Waals surface area (Å²) in [5, 5.41) is 21.9. The molecule has 2 N–H and O–H groups in total. The lowest BCUT2D eigenvalue weighted by molar-refractivity contribution is -0.167. The van der Waals surface area contributed by atoms with Gasteiger partial charge in [0.25, 0.3) is 0 Å². The highest BCUT2D eigenvalue weighted by atomic mass is 79.9. The maximum atomic E-state index is 11.8. The first-order valence-electron chi connectivity index (χ1n) is 12.6. The van der Waals surface area contributed by atoms with Crippen LogP contribution in [0.25, 0.3) is 0 Å². The molecule has 4 unspecified atom stereocenters. The van der Waals surface area contributed by atoms with Crippen molar-refractivity contribution in [3.05, 3.63) is 11.6 Å². The van der Waals surface area contributed by atoms with Crippen LogP contribution in [0.4, 0.5) is 0 Å². The van der Waals surface area contributed by atoms with Crippen LogP contribution in [-0.4, -0.2) is 58.8 Å². The minimum atomic E-state index is -0.559. The largest absolute Gasteiger partial charge is 0.461 e. The van der Waals surface area contributed by atoms with Crippen molar-refractivity contribution in [2.45, 2.75) is 94.8 Å². The Labute approximate surface area is 205 Å². The van der Waals surface area contributed by atoms with Crippen LogP contribution in [0.2, 0.25) is 0 Å². The molecule has 0 spiro atoms. The monoisotopic (exact) mass is 526 g/mol. The van der Waals surface area contributed by atoms with Crippen molar-refractivity contribution in [2.24, 2.45) is 28.6 Å². The molecule has 3 saturated carbocycles. The zero-order chi connectivity index (χ0) is 23.8. The fraction of sp³-hybridized carbons (Fsp3) is 0.846. The average Bonchev–Trinajstić information content (AvgIpc) is 3.06. The summed E-state index contributed by atoms with van der Waals surface area (Å²) in [6, 6.07) is 0. The number of aldehydes is 1. The number of hydrogen-bond donors (Lipinski definition) is 2. The Balaban J connectivity index is 1.52. The zero-order valence-electron chi connectivity index (χ0n) is 19.9. The molecule has 6 nitrogen and oxygen atoms in total. The molecule has 0 bridgehead atoms. The predicted molar refractivity (Wildman–Crippen MR) is 128 cm³/mol. The molecule has 0 aromatic rings. The number of carbonyl (C=O) groups excluding carboxylic acids is 2. The lowest BCUT2D eigenvalue weighted by Gasteiger charge is -2.59. The van der Waals surface area contributed by atoms with E-state index in [1.54, 1.807) is 0 Å². The predicted octanol–water partition coefficient (Wildman–Crippen LogP) is 3.95. The molecule has 4 aliphatic carbocycles. The Bertz CT molecular complexity index is 770. The minimum Gasteiger partial charge on any atom is -0.461 e. The van der Waals surface area contributed by atoms with Crippen LogP contribution in [0.5, 0.6) is 0 Å². The van der Waals surface area contributed by atoms with Crippen molar-refractivity contribution in [2.75, 3.05) is 13.2 Å². The molecule has 4 aliphatic rings. The van der Waals surface area contributed by atoms with Gasteiger partial charge in [0.2, 0.25) is 0 Å². The number of alkyl halides is 1. The molecule has 0 aliphatic heterocycles. The van der Waals surface area contributed by atoms with Crippen molar-refractivity contribution in [1.82, 2.24) is 0 Å². The fourth-order valence-corrected chi connectivity index (χ4v) is 8.77. The minimum absolute atomic E-state index is 0.00830. The van der Waals surface area contributed by atoms with Crippen LogP contribution in [0.1, 0.15) is 71.6 Å². The Kier molecular flexibility index (Phi) is 7.74. The second kappa shape index (κ2) is 10.1. The van der Waals surface area contributed by atoms with Gasteiger partial charge in [0.15, 0.2) is 0 Å². The summed E-state index contributed by atoms with van der Waals surface area (Å²) in [6.07, 6.45) is 10.1. The fourth-order valence-electron chi connectivity index (χ4n) is 7.74. The Morgan fingerprint density at radius 1 is 1.27 bits per heavy atom. The van der Waals surface area contributed by atoms with E-state index in [-0.39, 0.29) is 46.9 Å². The maximum Gasteiger partial charge on any atom is 0.302 e. The molecule has 33 heavy (non-hydrogen) atoms. The van der Waals surface area contributed by atoms with Gasteiger partial charge in [-0.25, -0.2) is 0 Å². The first-order valence-corrected chi connectivity index (χ1v) is 13.5. The quantitative estimate of drug-likeness (QED) is 0.163. The van der Waals surface area contributed by atoms with Gasteiger partial charge in [-0.1, -0.05) is 34.5 Å². The summed E-state index contributed by atoms with van der Waals surface area (Å²) < 4.78 is 11.9. The van der Waals surface area contributed by atoms with E-state index in [4.69, 9.17) is 9.47 Å². The van der Waals surface area contributed by atoms with Gasteiger partial charge in [-0.15, -0.1) is 0 Å². The van der Waals surface area contributed by atoms with E-state index in [1.807, 2.05) is 0 Å². The number of carbonyl (C=O) groups is 2. The lowest BCUT2D eigenvalue weighted by atomic mass is 9.47. The standard InChI is InChI=1S/C26H39BrO6/c1-16(30)33-24-21(27)14-20-23-19(7-9-26(20,24)15-29)25(2)8-6-18(12-17(25)13-22(23)31)32-11-5-3-4-10-28/h10,13,18-24,29,31H,3-9,11-12,14-15H2,1-2H3/t18-,19?,20?,21+,22?,23?,24-,25-,26+/m0/s1. The van der Waals surface area contributed by atoms with Gasteiger partial charge < -0.3 is 24.5 Å². The number of hydrogen-bond acceptors (Lipinski definition) is 6. The van der Waals surface area contributed by atoms with E-state index in [2.05, 4.69) is 28.9 Å². The van der Waals surface area contributed by atoms with E-state index in [1.165, 1.54) is 12.5 Å². The Hall–Kier alpha value is -0.760. The first kappa shape index (κ1) is 25.3. The summed E-state index contributed by atoms with van der Waals surface area (Å²) in [6.45, 7) is 4.44. The third kappa shape index (κ3) is 4.48. The van der Waals surface area contributed by atoms with E-state index in [9.17, 15) is 19.8 Å². The Morgan fingerprint density at radius 2 is 2.06 bits per heavy atom. The molecule has 0 heterocycles. The number of halogens is 1. The number of ether oxygens (including phenoxy) is 2. The number of aliphatic hydroxyl groups excluding tert-OH is 2. The summed E-state index contributed by atoms with van der Waals surface area (Å²) in [7, 11) is 0. The van der Waals surface area contributed by atoms with Crippen molar-refractivity contribution >= 4 is 28.2 Å². The summed E-state index contributed by atoms with van der Waals surface area (Å²) in [5.41, 5.74) is 0.859. The Morgan fingerprint density at radius 3 is 2.76 bits per heavy atom. The second-order valence-corrected chi connectivity index (χ2v) is 12.2. The van der Waals surface area contributed by atoms with Gasteiger partial charge in [0, 0.05) is 25.4 Å². The van der Waals surface area contributed by atoms with Crippen molar-refractivity contribution in [1.29, 1.82) is 0 Å². The number of fused-ring (bicyclic) bond motifs is 5. The topological polar surface area (TPSA) is 93.1 Å². The highest BCUT2D eigenvalue weighted by Crippen LogP contribution is 2.66. The highest BCUT2D eigenvalue weighted by molar-refractivity contribution is 9.09. The van der Waals surface area contributed by atoms with Crippen LogP contribution >= 0.6 is 15.9 Å². The normalized spacial score (nSPS) is 44.3. The van der Waals surface area contributed by atoms with Crippen molar-refractivity contribution < 1.29 is 29.3 Å². The van der Waals surface area contributed by atoms with Gasteiger partial charge in [0.05, 0.1) is 23.6 Å². The zero-order valence-corrected chi connectivity index (χ0v) is 21.5. The van der Waals surface area contributed by atoms with Crippen LogP contribution in [0.3, 0.4) is 0 Å². The van der Waals surface area contributed by atoms with Crippen molar-refractivity contribution in [3.63, 3.8) is 0 Å². The van der Waals surface area contributed by atoms with E-state index in [0.717, 1.165) is 57.7 Å². The third-order valence-electron chi connectivity index (χ3n) is 9.37. The number of esters is 1. The molecule has 0 aromatic heterocycles. The van der Waals surface area contributed by atoms with Gasteiger partial charge in [-0.2, -0.15) is 0 Å². The summed E-state index contributed by atoms with van der Waals surface area (Å²) >= 11 is 3.74. The molecule has 0 aromatic carbocycles. The van der Waals surface area contributed by atoms with Crippen LogP contribution in [-0.2, 0) is 19.1 Å². The molecule has 186 valence electrons. The lowest BCUT2D eigenvalue weighted by Crippen LogP contribution is -2.57. The number of unbranched alkanes of at least 4 members (excludes halogenated alkanes) is 2. The van der Waals surface area contributed by atoms with E-state index < -0.39 is 11.5 Å². The van der Waals surface area contributed by atoms with Gasteiger partial charge >= 0.3 is 5.97 Å². The van der Waals surface area contributed by atoms with Crippen LogP contribution < -0.4 is 0 Å². The highest BCUT2D eigenvalue weighted by Gasteiger charge is 2.65. The van der Waals surface area contributed by atoms with E-state index >= 15 is 0 Å². The molecule has 0 radical (unpaired) electrons. The molecule has 9 atom stereocenters. The summed E-state index contributed by atoms with van der Waals surface area (Å²) in [5.74, 6) is 0.192. The smallest absolute Gasteiger partial charge is 0.302 e. The SMILES string of the molecule is CC(=O)O[C@H]1[C@H](Br)CC2C3C(O)C=C4C[C@@H](OCCCCC=O)CC[C@]4(C)C3CC[C@@]21CO. The van der Waals surface area contributed by atoms with E-state index in [0.29, 0.717) is 18.9 Å². The molecule has 7 heteroatoms. The number of aliphatic hydroxyl groups is 2. The maximum absolute atomic E-state index is 11.8. The molecule has 0 amide bonds. The van der Waals surface area contributed by atoms with Gasteiger partial charge in [-0.3, -0.25) is 4.79 Å². The second-order valence-electron chi connectivity index (χ2n) is 11.0. The van der Waals surface area contributed by atoms with Crippen LogP contribution in [0, 0.1) is 28.6 Å². The summed E-state index contributed by atoms with van der Waals surface area (Å²) in [4.78, 5) is 22.3. The third-order valence-corrected chi connectivity index (χ3v) is 10.2. The number of rotatable bonds is 8. The van der Waals surface area contributed by atoms with Crippen LogP contribution in [0.15, 0.2) is 11.6 Å².